The molecular formula is C22H23NO3S. The first-order valence-electron chi connectivity index (χ1n) is 8.81. The standard InChI is InChI=1S/C22H23NO3S/c1-16-10-13-27-22(16)19-14-18(17-6-4-3-5-7-17)8-9-20(19)26-12-11-23(2)15-21(24)25/h3-10,13-14H,11-12,15H2,1-2H3,(H,24,25). The molecular weight excluding hydrogens is 358 g/mol. The summed E-state index contributed by atoms with van der Waals surface area (Å²) < 4.78 is 6.03. The van der Waals surface area contributed by atoms with Gasteiger partial charge in [0.1, 0.15) is 12.4 Å². The highest BCUT2D eigenvalue weighted by Gasteiger charge is 2.13. The third-order valence-corrected chi connectivity index (χ3v) is 5.38. The van der Waals surface area contributed by atoms with E-state index in [1.165, 1.54) is 16.0 Å². The maximum absolute atomic E-state index is 10.8. The van der Waals surface area contributed by atoms with E-state index in [-0.39, 0.29) is 6.54 Å². The Kier molecular flexibility index (Phi) is 6.27. The van der Waals surface area contributed by atoms with Crippen LogP contribution in [0.5, 0.6) is 5.75 Å². The highest BCUT2D eigenvalue weighted by Crippen LogP contribution is 2.38. The summed E-state index contributed by atoms with van der Waals surface area (Å²) in [7, 11) is 1.78. The van der Waals surface area contributed by atoms with Crippen LogP contribution < -0.4 is 4.74 Å². The van der Waals surface area contributed by atoms with Crippen LogP contribution in [0.1, 0.15) is 5.56 Å². The molecule has 0 amide bonds. The number of hydrogen-bond acceptors (Lipinski definition) is 4. The van der Waals surface area contributed by atoms with Crippen LogP contribution in [-0.2, 0) is 4.79 Å². The lowest BCUT2D eigenvalue weighted by atomic mass is 10.0. The van der Waals surface area contributed by atoms with E-state index < -0.39 is 5.97 Å². The maximum Gasteiger partial charge on any atom is 0.317 e. The molecule has 1 heterocycles. The van der Waals surface area contributed by atoms with E-state index >= 15 is 0 Å². The number of aliphatic carboxylic acids is 1. The average molecular weight is 381 g/mol. The quantitative estimate of drug-likeness (QED) is 0.610. The topological polar surface area (TPSA) is 49.8 Å². The van der Waals surface area contributed by atoms with Crippen LogP contribution in [0.4, 0.5) is 0 Å². The van der Waals surface area contributed by atoms with Gasteiger partial charge in [-0.1, -0.05) is 36.4 Å². The van der Waals surface area contributed by atoms with Crippen LogP contribution in [0.2, 0.25) is 0 Å². The van der Waals surface area contributed by atoms with Crippen molar-refractivity contribution < 1.29 is 14.6 Å². The van der Waals surface area contributed by atoms with Crippen molar-refractivity contribution in [1.82, 2.24) is 4.90 Å². The molecule has 27 heavy (non-hydrogen) atoms. The van der Waals surface area contributed by atoms with Crippen molar-refractivity contribution in [3.8, 4) is 27.3 Å². The smallest absolute Gasteiger partial charge is 0.317 e. The van der Waals surface area contributed by atoms with Crippen molar-refractivity contribution in [3.05, 3.63) is 65.5 Å². The summed E-state index contributed by atoms with van der Waals surface area (Å²) in [6, 6.07) is 18.6. The zero-order chi connectivity index (χ0) is 19.2. The molecule has 1 N–H and O–H groups in total. The Bertz CT molecular complexity index is 905. The number of carboxylic acid groups (broad SMARTS) is 1. The monoisotopic (exact) mass is 381 g/mol. The van der Waals surface area contributed by atoms with Gasteiger partial charge in [0.2, 0.25) is 0 Å². The van der Waals surface area contributed by atoms with Crippen molar-refractivity contribution in [2.24, 2.45) is 0 Å². The Hall–Kier alpha value is -2.63. The van der Waals surface area contributed by atoms with Crippen LogP contribution in [0, 0.1) is 6.92 Å². The van der Waals surface area contributed by atoms with Gasteiger partial charge in [-0.2, -0.15) is 0 Å². The Labute approximate surface area is 163 Å². The van der Waals surface area contributed by atoms with E-state index in [0.717, 1.165) is 16.9 Å². The summed E-state index contributed by atoms with van der Waals surface area (Å²) in [5.74, 6) is -0.0106. The largest absolute Gasteiger partial charge is 0.492 e. The van der Waals surface area contributed by atoms with Crippen molar-refractivity contribution in [2.45, 2.75) is 6.92 Å². The van der Waals surface area contributed by atoms with E-state index in [4.69, 9.17) is 9.84 Å². The molecule has 4 nitrogen and oxygen atoms in total. The fourth-order valence-corrected chi connectivity index (χ4v) is 3.86. The van der Waals surface area contributed by atoms with Crippen molar-refractivity contribution >= 4 is 17.3 Å². The predicted molar refractivity (Wildman–Crippen MR) is 111 cm³/mol. The third-order valence-electron chi connectivity index (χ3n) is 4.33. The lowest BCUT2D eigenvalue weighted by molar-refractivity contribution is -0.138. The zero-order valence-electron chi connectivity index (χ0n) is 15.5. The molecule has 0 aliphatic carbocycles. The summed E-state index contributed by atoms with van der Waals surface area (Å²) in [5.41, 5.74) is 4.61. The first kappa shape index (κ1) is 19.1. The summed E-state index contributed by atoms with van der Waals surface area (Å²) in [5, 5.41) is 10.9. The highest BCUT2D eigenvalue weighted by atomic mass is 32.1. The molecule has 140 valence electrons. The molecule has 0 radical (unpaired) electrons. The number of thiophene rings is 1. The lowest BCUT2D eigenvalue weighted by Gasteiger charge is -2.17. The zero-order valence-corrected chi connectivity index (χ0v) is 16.3. The second-order valence-corrected chi connectivity index (χ2v) is 7.41. The Morgan fingerprint density at radius 2 is 1.89 bits per heavy atom. The van der Waals surface area contributed by atoms with Gasteiger partial charge in [0.05, 0.1) is 6.54 Å². The molecule has 0 aliphatic heterocycles. The molecule has 0 spiro atoms. The molecule has 0 atom stereocenters. The van der Waals surface area contributed by atoms with Crippen LogP contribution in [0.15, 0.2) is 60.0 Å². The SMILES string of the molecule is Cc1ccsc1-c1cc(-c2ccccc2)ccc1OCCN(C)CC(=O)O. The molecule has 3 rings (SSSR count). The summed E-state index contributed by atoms with van der Waals surface area (Å²) in [6.45, 7) is 3.10. The number of carboxylic acids is 1. The second kappa shape index (κ2) is 8.84. The minimum Gasteiger partial charge on any atom is -0.492 e. The second-order valence-electron chi connectivity index (χ2n) is 6.49. The molecule has 2 aromatic carbocycles. The molecule has 0 fully saturated rings. The van der Waals surface area contributed by atoms with Gasteiger partial charge in [0.25, 0.3) is 0 Å². The molecule has 1 aromatic heterocycles. The molecule has 0 bridgehead atoms. The van der Waals surface area contributed by atoms with Crippen LogP contribution >= 0.6 is 11.3 Å². The molecule has 0 aliphatic rings. The van der Waals surface area contributed by atoms with Gasteiger partial charge >= 0.3 is 5.97 Å². The van der Waals surface area contributed by atoms with E-state index in [9.17, 15) is 4.79 Å². The molecule has 0 saturated heterocycles. The number of carbonyl (C=O) groups is 1. The fourth-order valence-electron chi connectivity index (χ4n) is 2.91. The number of rotatable bonds is 8. The number of aryl methyl sites for hydroxylation is 1. The number of ether oxygens (including phenoxy) is 1. The van der Waals surface area contributed by atoms with Gasteiger partial charge in [0.15, 0.2) is 0 Å². The first-order chi connectivity index (χ1) is 13.0. The van der Waals surface area contributed by atoms with Crippen LogP contribution in [-0.4, -0.2) is 42.7 Å². The van der Waals surface area contributed by atoms with Gasteiger partial charge < -0.3 is 9.84 Å². The molecule has 3 aromatic rings. The van der Waals surface area contributed by atoms with E-state index in [2.05, 4.69) is 42.6 Å². The minimum atomic E-state index is -0.834. The van der Waals surface area contributed by atoms with Gasteiger partial charge in [-0.05, 0) is 54.2 Å². The Balaban J connectivity index is 1.85. The normalized spacial score (nSPS) is 10.9. The van der Waals surface area contributed by atoms with Crippen molar-refractivity contribution in [2.75, 3.05) is 26.7 Å². The highest BCUT2D eigenvalue weighted by molar-refractivity contribution is 7.13. The Morgan fingerprint density at radius 3 is 2.56 bits per heavy atom. The summed E-state index contributed by atoms with van der Waals surface area (Å²) in [4.78, 5) is 13.7. The lowest BCUT2D eigenvalue weighted by Crippen LogP contribution is -2.29. The van der Waals surface area contributed by atoms with E-state index in [0.29, 0.717) is 13.2 Å². The van der Waals surface area contributed by atoms with Crippen LogP contribution in [0.25, 0.3) is 21.6 Å². The molecule has 0 saturated carbocycles. The summed E-state index contributed by atoms with van der Waals surface area (Å²) >= 11 is 1.70. The number of benzene rings is 2. The minimum absolute atomic E-state index is 0.00714. The first-order valence-corrected chi connectivity index (χ1v) is 9.69. The number of likely N-dealkylation sites (N-methyl/N-ethyl adjacent to an activating group) is 1. The van der Waals surface area contributed by atoms with Crippen molar-refractivity contribution in [1.29, 1.82) is 0 Å². The van der Waals surface area contributed by atoms with Crippen LogP contribution in [0.3, 0.4) is 0 Å². The average Bonchev–Trinajstić information content (AvgIpc) is 3.08. The van der Waals surface area contributed by atoms with Gasteiger partial charge in [-0.25, -0.2) is 0 Å². The van der Waals surface area contributed by atoms with Gasteiger partial charge in [0, 0.05) is 17.0 Å². The fraction of sp³-hybridized carbons (Fsp3) is 0.227. The number of hydrogen-bond donors (Lipinski definition) is 1. The maximum atomic E-state index is 10.8. The van der Waals surface area contributed by atoms with Gasteiger partial charge in [-0.3, -0.25) is 9.69 Å². The predicted octanol–water partition coefficient (Wildman–Crippen LogP) is 4.79. The summed E-state index contributed by atoms with van der Waals surface area (Å²) in [6.07, 6.45) is 0. The molecule has 5 heteroatoms. The van der Waals surface area contributed by atoms with E-state index in [1.807, 2.05) is 24.3 Å². The van der Waals surface area contributed by atoms with E-state index in [1.54, 1.807) is 23.3 Å². The van der Waals surface area contributed by atoms with Crippen molar-refractivity contribution in [3.63, 3.8) is 0 Å². The third kappa shape index (κ3) is 4.96. The number of nitrogens with zero attached hydrogens (tertiary/aromatic N) is 1. The van der Waals surface area contributed by atoms with Gasteiger partial charge in [-0.15, -0.1) is 11.3 Å². The Morgan fingerprint density at radius 1 is 1.11 bits per heavy atom. The molecule has 0 unspecified atom stereocenters.